The van der Waals surface area contributed by atoms with Crippen molar-refractivity contribution in [1.29, 1.82) is 0 Å². The maximum Gasteiger partial charge on any atom is 0.410 e. The van der Waals surface area contributed by atoms with Crippen molar-refractivity contribution in [3.63, 3.8) is 0 Å². The number of likely N-dealkylation sites (tertiary alicyclic amines) is 1. The number of hydrogen-bond acceptors (Lipinski definition) is 4. The Morgan fingerprint density at radius 3 is 2.50 bits per heavy atom. The number of hydrogen-bond donors (Lipinski definition) is 0. The van der Waals surface area contributed by atoms with Crippen LogP contribution in [0.15, 0.2) is 12.2 Å². The third-order valence-electron chi connectivity index (χ3n) is 4.28. The van der Waals surface area contributed by atoms with E-state index in [1.807, 2.05) is 20.8 Å². The minimum Gasteiger partial charge on any atom is -0.455 e. The van der Waals surface area contributed by atoms with E-state index in [9.17, 15) is 9.59 Å². The Balaban J connectivity index is 1.90. The van der Waals surface area contributed by atoms with Crippen molar-refractivity contribution < 1.29 is 19.1 Å². The maximum atomic E-state index is 12.1. The summed E-state index contributed by atoms with van der Waals surface area (Å²) in [5.41, 5.74) is -0.348. The van der Waals surface area contributed by atoms with Gasteiger partial charge in [0, 0.05) is 37.9 Å². The molecule has 112 valence electrons. The Labute approximate surface area is 119 Å². The van der Waals surface area contributed by atoms with Crippen LogP contribution in [0.25, 0.3) is 0 Å². The van der Waals surface area contributed by atoms with E-state index in [0.29, 0.717) is 37.9 Å². The van der Waals surface area contributed by atoms with Crippen LogP contribution in [0.1, 0.15) is 46.5 Å². The topological polar surface area (TPSA) is 55.8 Å². The maximum absolute atomic E-state index is 12.1. The van der Waals surface area contributed by atoms with Crippen LogP contribution >= 0.6 is 0 Å². The van der Waals surface area contributed by atoms with Crippen molar-refractivity contribution in [3.05, 3.63) is 12.2 Å². The molecule has 2 saturated heterocycles. The number of carbonyl (C=O) groups excluding carboxylic acids is 2. The first kappa shape index (κ1) is 14.9. The zero-order valence-corrected chi connectivity index (χ0v) is 12.5. The highest BCUT2D eigenvalue weighted by Gasteiger charge is 2.45. The molecule has 0 N–H and O–H groups in total. The highest BCUT2D eigenvalue weighted by Crippen LogP contribution is 2.38. The molecule has 5 nitrogen and oxygen atoms in total. The fraction of sp³-hybridized carbons (Fsp3) is 0.733. The summed E-state index contributed by atoms with van der Waals surface area (Å²) in [6.45, 7) is 10.6. The lowest BCUT2D eigenvalue weighted by atomic mass is 9.88. The first-order valence-electron chi connectivity index (χ1n) is 7.16. The lowest BCUT2D eigenvalue weighted by Crippen LogP contribution is -2.48. The molecule has 0 bridgehead atoms. The number of carbonyl (C=O) groups is 2. The second-order valence-electron chi connectivity index (χ2n) is 6.32. The smallest absolute Gasteiger partial charge is 0.410 e. The molecule has 0 atom stereocenters. The molecule has 0 aromatic heterocycles. The molecule has 2 heterocycles. The molecule has 0 radical (unpaired) electrons. The number of amides is 1. The standard InChI is InChI=1S/C15H23NO4/c1-5-14(3,4)20-13(18)16-8-6-15(7-9-16)10-11(2)12(17)19-15/h2,5-10H2,1,3-4H3. The van der Waals surface area contributed by atoms with Crippen molar-refractivity contribution in [2.45, 2.75) is 57.7 Å². The molecule has 2 aliphatic rings. The Kier molecular flexibility index (Phi) is 3.80. The highest BCUT2D eigenvalue weighted by molar-refractivity contribution is 5.90. The molecule has 1 spiro atoms. The molecule has 0 unspecified atom stereocenters. The van der Waals surface area contributed by atoms with Crippen molar-refractivity contribution in [2.24, 2.45) is 0 Å². The minimum absolute atomic E-state index is 0.283. The van der Waals surface area contributed by atoms with Gasteiger partial charge in [0.2, 0.25) is 0 Å². The van der Waals surface area contributed by atoms with Gasteiger partial charge in [-0.1, -0.05) is 13.5 Å². The molecule has 0 aromatic rings. The number of nitrogens with zero attached hydrogens (tertiary/aromatic N) is 1. The van der Waals surface area contributed by atoms with E-state index in [-0.39, 0.29) is 12.1 Å². The molecule has 5 heteroatoms. The zero-order chi connectivity index (χ0) is 15.0. The lowest BCUT2D eigenvalue weighted by molar-refractivity contribution is -0.149. The molecule has 0 aromatic carbocycles. The molecular weight excluding hydrogens is 258 g/mol. The minimum atomic E-state index is -0.444. The van der Waals surface area contributed by atoms with E-state index < -0.39 is 11.2 Å². The third kappa shape index (κ3) is 2.97. The zero-order valence-electron chi connectivity index (χ0n) is 12.5. The fourth-order valence-electron chi connectivity index (χ4n) is 2.51. The molecule has 2 aliphatic heterocycles. The number of rotatable bonds is 2. The summed E-state index contributed by atoms with van der Waals surface area (Å²) < 4.78 is 10.9. The van der Waals surface area contributed by atoms with Gasteiger partial charge in [-0.25, -0.2) is 9.59 Å². The van der Waals surface area contributed by atoms with Gasteiger partial charge in [0.15, 0.2) is 0 Å². The number of esters is 1. The second-order valence-corrected chi connectivity index (χ2v) is 6.32. The van der Waals surface area contributed by atoms with Gasteiger partial charge in [-0.05, 0) is 20.3 Å². The van der Waals surface area contributed by atoms with Crippen molar-refractivity contribution in [1.82, 2.24) is 4.90 Å². The summed E-state index contributed by atoms with van der Waals surface area (Å²) in [7, 11) is 0. The molecule has 20 heavy (non-hydrogen) atoms. The van der Waals surface area contributed by atoms with Crippen LogP contribution in [-0.2, 0) is 14.3 Å². The summed E-state index contributed by atoms with van der Waals surface area (Å²) in [6.07, 6.45) is 2.37. The van der Waals surface area contributed by atoms with Gasteiger partial charge in [0.25, 0.3) is 0 Å². The molecule has 0 aliphatic carbocycles. The molecule has 2 fully saturated rings. The monoisotopic (exact) mass is 281 g/mol. The van der Waals surface area contributed by atoms with Crippen LogP contribution in [0.3, 0.4) is 0 Å². The third-order valence-corrected chi connectivity index (χ3v) is 4.28. The molecule has 1 amide bonds. The van der Waals surface area contributed by atoms with Gasteiger partial charge in [-0.15, -0.1) is 0 Å². The van der Waals surface area contributed by atoms with Gasteiger partial charge < -0.3 is 14.4 Å². The molecule has 2 rings (SSSR count). The van der Waals surface area contributed by atoms with Gasteiger partial charge in [0.05, 0.1) is 0 Å². The molecular formula is C15H23NO4. The highest BCUT2D eigenvalue weighted by atomic mass is 16.6. The molecule has 0 saturated carbocycles. The largest absolute Gasteiger partial charge is 0.455 e. The first-order chi connectivity index (χ1) is 9.27. The second kappa shape index (κ2) is 5.11. The van der Waals surface area contributed by atoms with Gasteiger partial charge in [-0.2, -0.15) is 0 Å². The van der Waals surface area contributed by atoms with E-state index in [4.69, 9.17) is 9.47 Å². The van der Waals surface area contributed by atoms with Crippen molar-refractivity contribution >= 4 is 12.1 Å². The number of piperidine rings is 1. The fourth-order valence-corrected chi connectivity index (χ4v) is 2.51. The SMILES string of the molecule is C=C1CC2(CCN(C(=O)OC(C)(C)CC)CC2)OC1=O. The van der Waals surface area contributed by atoms with Crippen LogP contribution in [0.4, 0.5) is 4.79 Å². The Morgan fingerprint density at radius 2 is 2.05 bits per heavy atom. The van der Waals surface area contributed by atoms with Crippen molar-refractivity contribution in [3.8, 4) is 0 Å². The lowest BCUT2D eigenvalue weighted by Gasteiger charge is -2.38. The summed E-state index contributed by atoms with van der Waals surface area (Å²) >= 11 is 0. The summed E-state index contributed by atoms with van der Waals surface area (Å²) in [5.74, 6) is -0.298. The average molecular weight is 281 g/mol. The predicted molar refractivity (Wildman–Crippen MR) is 74.2 cm³/mol. The van der Waals surface area contributed by atoms with E-state index >= 15 is 0 Å². The van der Waals surface area contributed by atoms with Crippen LogP contribution in [0, 0.1) is 0 Å². The van der Waals surface area contributed by atoms with Crippen LogP contribution in [0.2, 0.25) is 0 Å². The Hall–Kier alpha value is -1.52. The Bertz CT molecular complexity index is 415. The van der Waals surface area contributed by atoms with E-state index in [2.05, 4.69) is 6.58 Å². The van der Waals surface area contributed by atoms with Crippen LogP contribution in [0.5, 0.6) is 0 Å². The van der Waals surface area contributed by atoms with Gasteiger partial charge >= 0.3 is 12.1 Å². The number of ether oxygens (including phenoxy) is 2. The average Bonchev–Trinajstić information content (AvgIpc) is 2.64. The normalized spacial score (nSPS) is 22.1. The predicted octanol–water partition coefficient (Wildman–Crippen LogP) is 2.65. The van der Waals surface area contributed by atoms with Gasteiger partial charge in [0.1, 0.15) is 11.2 Å². The van der Waals surface area contributed by atoms with E-state index in [1.54, 1.807) is 4.90 Å². The summed E-state index contributed by atoms with van der Waals surface area (Å²) in [5, 5.41) is 0. The van der Waals surface area contributed by atoms with E-state index in [1.165, 1.54) is 0 Å². The van der Waals surface area contributed by atoms with Crippen LogP contribution < -0.4 is 0 Å². The van der Waals surface area contributed by atoms with Crippen molar-refractivity contribution in [2.75, 3.05) is 13.1 Å². The van der Waals surface area contributed by atoms with E-state index in [0.717, 1.165) is 6.42 Å². The summed E-state index contributed by atoms with van der Waals surface area (Å²) in [6, 6.07) is 0. The summed E-state index contributed by atoms with van der Waals surface area (Å²) in [4.78, 5) is 25.2. The van der Waals surface area contributed by atoms with Gasteiger partial charge in [-0.3, -0.25) is 0 Å². The quantitative estimate of drug-likeness (QED) is 0.577. The van der Waals surface area contributed by atoms with Crippen LogP contribution in [-0.4, -0.2) is 41.3 Å². The Morgan fingerprint density at radius 1 is 1.45 bits per heavy atom. The first-order valence-corrected chi connectivity index (χ1v) is 7.16.